The minimum absolute atomic E-state index is 0.00426. The molecule has 0 aromatic carbocycles. The molecule has 0 aromatic heterocycles. The average molecular weight is 384 g/mol. The molecule has 0 bridgehead atoms. The second-order valence-electron chi connectivity index (χ2n) is 7.58. The van der Waals surface area contributed by atoms with Crippen LogP contribution in [0.3, 0.4) is 0 Å². The highest BCUT2D eigenvalue weighted by Gasteiger charge is 2.38. The van der Waals surface area contributed by atoms with Gasteiger partial charge in [-0.25, -0.2) is 4.99 Å². The zero-order valence-electron chi connectivity index (χ0n) is 16.6. The lowest BCUT2D eigenvalue weighted by Crippen LogP contribution is -2.54. The Morgan fingerprint density at radius 3 is 2.35 bits per heavy atom. The molecule has 1 saturated carbocycles. The van der Waals surface area contributed by atoms with Crippen molar-refractivity contribution in [3.05, 3.63) is 0 Å². The highest BCUT2D eigenvalue weighted by Crippen LogP contribution is 2.42. The van der Waals surface area contributed by atoms with Crippen molar-refractivity contribution in [2.45, 2.75) is 36.9 Å². The van der Waals surface area contributed by atoms with Crippen LogP contribution in [0.4, 0.5) is 0 Å². The number of nitrogens with zero attached hydrogens (tertiary/aromatic N) is 4. The van der Waals surface area contributed by atoms with E-state index in [0.717, 1.165) is 18.8 Å². The molecular formula is C18H33N5O2S. The first-order valence-electron chi connectivity index (χ1n) is 9.40. The lowest BCUT2D eigenvalue weighted by Gasteiger charge is -2.45. The predicted molar refractivity (Wildman–Crippen MR) is 108 cm³/mol. The van der Waals surface area contributed by atoms with Gasteiger partial charge in [0.2, 0.25) is 11.8 Å². The van der Waals surface area contributed by atoms with Crippen molar-refractivity contribution in [3.63, 3.8) is 0 Å². The largest absolute Gasteiger partial charge is 0.347 e. The maximum atomic E-state index is 12.0. The summed E-state index contributed by atoms with van der Waals surface area (Å²) < 4.78 is 0.302. The molecule has 0 unspecified atom stereocenters. The van der Waals surface area contributed by atoms with E-state index in [2.05, 4.69) is 27.0 Å². The van der Waals surface area contributed by atoms with Crippen molar-refractivity contribution in [3.8, 4) is 0 Å². The summed E-state index contributed by atoms with van der Waals surface area (Å²) in [5.74, 6) is 1.70. The van der Waals surface area contributed by atoms with Crippen LogP contribution in [0.1, 0.15) is 32.1 Å². The van der Waals surface area contributed by atoms with E-state index in [9.17, 15) is 9.59 Å². The number of likely N-dealkylation sites (N-methyl/N-ethyl adjacent to an activating group) is 2. The first-order chi connectivity index (χ1) is 12.3. The number of carbonyl (C=O) groups excluding carboxylic acids is 2. The fourth-order valence-corrected chi connectivity index (χ4v) is 4.96. The number of nitrogens with one attached hydrogen (secondary N) is 1. The van der Waals surface area contributed by atoms with Crippen LogP contribution in [0, 0.1) is 0 Å². The van der Waals surface area contributed by atoms with Gasteiger partial charge in [0.05, 0.1) is 6.54 Å². The quantitative estimate of drug-likeness (QED) is 0.576. The maximum absolute atomic E-state index is 12.0. The maximum Gasteiger partial charge on any atom is 0.243 e. The Hall–Kier alpha value is -1.44. The van der Waals surface area contributed by atoms with Crippen LogP contribution in [-0.2, 0) is 9.59 Å². The van der Waals surface area contributed by atoms with Gasteiger partial charge in [-0.2, -0.15) is 11.8 Å². The van der Waals surface area contributed by atoms with Gasteiger partial charge in [-0.05, 0) is 12.8 Å². The van der Waals surface area contributed by atoms with Gasteiger partial charge >= 0.3 is 0 Å². The van der Waals surface area contributed by atoms with E-state index in [0.29, 0.717) is 10.7 Å². The van der Waals surface area contributed by atoms with E-state index in [1.807, 2.05) is 0 Å². The molecule has 1 spiro atoms. The van der Waals surface area contributed by atoms with E-state index in [1.165, 1.54) is 32.1 Å². The first-order valence-corrected chi connectivity index (χ1v) is 10.4. The molecule has 148 valence electrons. The van der Waals surface area contributed by atoms with Crippen molar-refractivity contribution in [2.75, 3.05) is 60.1 Å². The van der Waals surface area contributed by atoms with E-state index >= 15 is 0 Å². The van der Waals surface area contributed by atoms with Crippen LogP contribution < -0.4 is 5.32 Å². The zero-order chi connectivity index (χ0) is 19.2. The summed E-state index contributed by atoms with van der Waals surface area (Å²) in [6, 6.07) is 0. The fourth-order valence-electron chi connectivity index (χ4n) is 3.39. The summed E-state index contributed by atoms with van der Waals surface area (Å²) in [4.78, 5) is 33.8. The molecule has 1 aliphatic heterocycles. The van der Waals surface area contributed by atoms with E-state index in [-0.39, 0.29) is 24.9 Å². The smallest absolute Gasteiger partial charge is 0.243 e. The van der Waals surface area contributed by atoms with Crippen LogP contribution in [0.5, 0.6) is 0 Å². The van der Waals surface area contributed by atoms with Crippen LogP contribution >= 0.6 is 11.8 Å². The lowest BCUT2D eigenvalue weighted by atomic mass is 9.87. The predicted octanol–water partition coefficient (Wildman–Crippen LogP) is 0.860. The van der Waals surface area contributed by atoms with Crippen LogP contribution in [-0.4, -0.2) is 97.3 Å². The molecule has 0 aromatic rings. The number of thioether (sulfide) groups is 1. The molecule has 2 amide bonds. The first kappa shape index (κ1) is 20.9. The number of rotatable bonds is 4. The second kappa shape index (κ2) is 9.48. The summed E-state index contributed by atoms with van der Waals surface area (Å²) in [6.45, 7) is 2.13. The zero-order valence-corrected chi connectivity index (χ0v) is 17.4. The summed E-state index contributed by atoms with van der Waals surface area (Å²) in [6.07, 6.45) is 6.40. The molecule has 1 heterocycles. The Balaban J connectivity index is 2.09. The molecule has 1 saturated heterocycles. The monoisotopic (exact) mass is 383 g/mol. The van der Waals surface area contributed by atoms with Crippen molar-refractivity contribution < 1.29 is 9.59 Å². The minimum Gasteiger partial charge on any atom is -0.347 e. The van der Waals surface area contributed by atoms with Gasteiger partial charge in [0.1, 0.15) is 6.54 Å². The molecule has 0 atom stereocenters. The van der Waals surface area contributed by atoms with E-state index in [1.54, 1.807) is 38.0 Å². The van der Waals surface area contributed by atoms with Crippen LogP contribution in [0.2, 0.25) is 0 Å². The fraction of sp³-hybridized carbons (Fsp3) is 0.833. The molecule has 1 aliphatic carbocycles. The van der Waals surface area contributed by atoms with Gasteiger partial charge in [-0.1, -0.05) is 19.3 Å². The number of hydrogen-bond acceptors (Lipinski definition) is 4. The third-order valence-electron chi connectivity index (χ3n) is 5.07. The number of aliphatic imine (C=N–C) groups is 1. The molecule has 26 heavy (non-hydrogen) atoms. The molecule has 2 aliphatic rings. The topological polar surface area (TPSA) is 68.2 Å². The van der Waals surface area contributed by atoms with Crippen molar-refractivity contribution in [1.82, 2.24) is 20.0 Å². The summed E-state index contributed by atoms with van der Waals surface area (Å²) in [5, 5.41) is 3.19. The lowest BCUT2D eigenvalue weighted by molar-refractivity contribution is -0.127. The van der Waals surface area contributed by atoms with Gasteiger partial charge in [-0.3, -0.25) is 9.59 Å². The highest BCUT2D eigenvalue weighted by atomic mass is 32.2. The summed E-state index contributed by atoms with van der Waals surface area (Å²) in [7, 11) is 6.94. The summed E-state index contributed by atoms with van der Waals surface area (Å²) >= 11 is 2.09. The average Bonchev–Trinajstić information content (AvgIpc) is 2.61. The third-order valence-corrected chi connectivity index (χ3v) is 6.61. The molecule has 2 fully saturated rings. The van der Waals surface area contributed by atoms with Gasteiger partial charge in [0.15, 0.2) is 5.96 Å². The molecule has 7 nitrogen and oxygen atoms in total. The molecule has 8 heteroatoms. The molecular weight excluding hydrogens is 350 g/mol. The highest BCUT2D eigenvalue weighted by molar-refractivity contribution is 8.00. The SMILES string of the molecule is CN(C)C(=O)CN=C(NCC(=O)N(C)C)N1CCSC2(CCCCC2)C1. The molecule has 1 N–H and O–H groups in total. The van der Waals surface area contributed by atoms with Crippen molar-refractivity contribution >= 4 is 29.5 Å². The summed E-state index contributed by atoms with van der Waals surface area (Å²) in [5.41, 5.74) is 0. The van der Waals surface area contributed by atoms with Gasteiger partial charge < -0.3 is 20.0 Å². The normalized spacial score (nSPS) is 20.0. The Labute approximate surface area is 161 Å². The number of hydrogen-bond donors (Lipinski definition) is 1. The standard InChI is InChI=1S/C18H33N5O2S/c1-21(2)15(24)12-19-17(20-13-16(25)22(3)4)23-10-11-26-18(14-23)8-6-5-7-9-18/h5-14H2,1-4H3,(H,19,20). The Bertz CT molecular complexity index is 524. The Morgan fingerprint density at radius 1 is 1.08 bits per heavy atom. The molecule has 2 rings (SSSR count). The van der Waals surface area contributed by atoms with Crippen molar-refractivity contribution in [1.29, 1.82) is 0 Å². The Morgan fingerprint density at radius 2 is 1.73 bits per heavy atom. The minimum atomic E-state index is -0.0398. The number of amides is 2. The van der Waals surface area contributed by atoms with E-state index in [4.69, 9.17) is 0 Å². The second-order valence-corrected chi connectivity index (χ2v) is 9.15. The molecule has 0 radical (unpaired) electrons. The van der Waals surface area contributed by atoms with Crippen LogP contribution in [0.25, 0.3) is 0 Å². The number of carbonyl (C=O) groups is 2. The van der Waals surface area contributed by atoms with Crippen LogP contribution in [0.15, 0.2) is 4.99 Å². The third kappa shape index (κ3) is 5.79. The number of guanidine groups is 1. The van der Waals surface area contributed by atoms with Gasteiger partial charge in [0.25, 0.3) is 0 Å². The Kier molecular flexibility index (Phi) is 7.61. The van der Waals surface area contributed by atoms with Crippen molar-refractivity contribution in [2.24, 2.45) is 4.99 Å². The van der Waals surface area contributed by atoms with Gasteiger partial charge in [-0.15, -0.1) is 0 Å². The van der Waals surface area contributed by atoms with Gasteiger partial charge in [0, 0.05) is 51.8 Å². The van der Waals surface area contributed by atoms with E-state index < -0.39 is 0 Å².